The van der Waals surface area contributed by atoms with Crippen LogP contribution in [0, 0.1) is 0 Å². The lowest BCUT2D eigenvalue weighted by Gasteiger charge is -2.08. The van der Waals surface area contributed by atoms with Gasteiger partial charge in [0, 0.05) is 10.7 Å². The molecule has 1 aliphatic heterocycles. The Morgan fingerprint density at radius 3 is 2.38 bits per heavy atom. The second-order valence-corrected chi connectivity index (χ2v) is 8.56. The van der Waals surface area contributed by atoms with Crippen molar-refractivity contribution >= 4 is 57.8 Å². The molecule has 1 aliphatic rings. The topological polar surface area (TPSA) is 89.0 Å². The molecule has 1 fully saturated rings. The van der Waals surface area contributed by atoms with E-state index in [0.29, 0.717) is 32.2 Å². The maximum atomic E-state index is 12.3. The summed E-state index contributed by atoms with van der Waals surface area (Å²) in [7, 11) is 1.60. The average Bonchev–Trinajstić information content (AvgIpc) is 3.19. The van der Waals surface area contributed by atoms with Crippen molar-refractivity contribution in [2.24, 2.45) is 4.99 Å². The highest BCUT2D eigenvalue weighted by atomic mass is 35.5. The number of hydrogen-bond acceptors (Lipinski definition) is 6. The summed E-state index contributed by atoms with van der Waals surface area (Å²) in [5, 5.41) is 6.60. The molecule has 0 unspecified atom stereocenters. The number of aliphatic imine (C=N–C) groups is 1. The standard InChI is InChI=1S/C25H20ClN3O4S/c1-32-20-12-8-19(9-13-20)28-25-29-24(31)22(34-25)14-16-2-10-21(11-3-16)33-15-23(30)27-18-6-4-17(26)5-7-18/h2-14H,15H2,1H3,(H,27,30)(H,28,29,31)/b22-14-. The smallest absolute Gasteiger partial charge is 0.264 e. The third-order valence-corrected chi connectivity index (χ3v) is 5.79. The fourth-order valence-corrected chi connectivity index (χ4v) is 3.91. The zero-order valence-corrected chi connectivity index (χ0v) is 19.7. The normalized spacial score (nSPS) is 15.3. The van der Waals surface area contributed by atoms with Crippen molar-refractivity contribution in [3.05, 3.63) is 88.3 Å². The summed E-state index contributed by atoms with van der Waals surface area (Å²) in [5.74, 6) is 0.786. The third-order valence-electron chi connectivity index (χ3n) is 4.63. The van der Waals surface area contributed by atoms with Gasteiger partial charge in [-0.2, -0.15) is 0 Å². The molecule has 7 nitrogen and oxygen atoms in total. The second kappa shape index (κ2) is 10.9. The first kappa shape index (κ1) is 23.4. The summed E-state index contributed by atoms with van der Waals surface area (Å²) < 4.78 is 10.7. The van der Waals surface area contributed by atoms with Crippen LogP contribution in [0.3, 0.4) is 0 Å². The predicted octanol–water partition coefficient (Wildman–Crippen LogP) is 5.26. The molecule has 2 amide bonds. The molecule has 3 aromatic rings. The summed E-state index contributed by atoms with van der Waals surface area (Å²) in [6, 6.07) is 21.2. The van der Waals surface area contributed by atoms with Gasteiger partial charge in [0.2, 0.25) is 0 Å². The Labute approximate surface area is 205 Å². The van der Waals surface area contributed by atoms with E-state index >= 15 is 0 Å². The Morgan fingerprint density at radius 2 is 1.71 bits per heavy atom. The van der Waals surface area contributed by atoms with Gasteiger partial charge in [0.15, 0.2) is 11.8 Å². The number of ether oxygens (including phenoxy) is 2. The summed E-state index contributed by atoms with van der Waals surface area (Å²) in [5.41, 5.74) is 2.18. The van der Waals surface area contributed by atoms with Crippen LogP contribution in [0.5, 0.6) is 11.5 Å². The van der Waals surface area contributed by atoms with Gasteiger partial charge in [0.25, 0.3) is 11.8 Å². The number of rotatable bonds is 7. The molecule has 1 saturated heterocycles. The van der Waals surface area contributed by atoms with Crippen molar-refractivity contribution in [1.29, 1.82) is 0 Å². The van der Waals surface area contributed by atoms with Gasteiger partial charge in [0.05, 0.1) is 17.7 Å². The number of methoxy groups -OCH3 is 1. The SMILES string of the molecule is COc1ccc(N=C2NC(=O)/C(=C/c3ccc(OCC(=O)Nc4ccc(Cl)cc4)cc3)S2)cc1. The number of halogens is 1. The van der Waals surface area contributed by atoms with Crippen LogP contribution in [0.2, 0.25) is 5.02 Å². The Kier molecular flexibility index (Phi) is 7.51. The van der Waals surface area contributed by atoms with E-state index in [4.69, 9.17) is 21.1 Å². The molecule has 9 heteroatoms. The van der Waals surface area contributed by atoms with Crippen molar-refractivity contribution in [3.8, 4) is 11.5 Å². The fourth-order valence-electron chi connectivity index (χ4n) is 2.95. The Morgan fingerprint density at radius 1 is 1.03 bits per heavy atom. The van der Waals surface area contributed by atoms with Gasteiger partial charge in [-0.05, 0) is 84.1 Å². The van der Waals surface area contributed by atoms with Gasteiger partial charge in [-0.1, -0.05) is 23.7 Å². The Balaban J connectivity index is 1.32. The van der Waals surface area contributed by atoms with Crippen LogP contribution in [-0.4, -0.2) is 30.7 Å². The number of hydrogen-bond donors (Lipinski definition) is 2. The van der Waals surface area contributed by atoms with Gasteiger partial charge < -0.3 is 20.1 Å². The van der Waals surface area contributed by atoms with E-state index in [-0.39, 0.29) is 18.4 Å². The minimum absolute atomic E-state index is 0.132. The highest BCUT2D eigenvalue weighted by molar-refractivity contribution is 8.18. The quantitative estimate of drug-likeness (QED) is 0.438. The minimum atomic E-state index is -0.281. The number of nitrogens with zero attached hydrogens (tertiary/aromatic N) is 1. The number of thioether (sulfide) groups is 1. The molecular formula is C25H20ClN3O4S. The molecule has 172 valence electrons. The van der Waals surface area contributed by atoms with E-state index in [2.05, 4.69) is 15.6 Å². The molecule has 1 heterocycles. The van der Waals surface area contributed by atoms with E-state index in [1.807, 2.05) is 36.4 Å². The zero-order valence-electron chi connectivity index (χ0n) is 18.1. The van der Waals surface area contributed by atoms with E-state index in [1.165, 1.54) is 11.8 Å². The first-order chi connectivity index (χ1) is 16.5. The molecule has 4 rings (SSSR count). The van der Waals surface area contributed by atoms with Crippen LogP contribution < -0.4 is 20.1 Å². The lowest BCUT2D eigenvalue weighted by molar-refractivity contribution is -0.118. The lowest BCUT2D eigenvalue weighted by atomic mass is 10.2. The van der Waals surface area contributed by atoms with Crippen LogP contribution in [-0.2, 0) is 9.59 Å². The average molecular weight is 494 g/mol. The van der Waals surface area contributed by atoms with Crippen molar-refractivity contribution in [2.45, 2.75) is 0 Å². The number of carbonyl (C=O) groups excluding carboxylic acids is 2. The molecule has 0 radical (unpaired) electrons. The lowest BCUT2D eigenvalue weighted by Crippen LogP contribution is -2.20. The number of amidine groups is 1. The van der Waals surface area contributed by atoms with Crippen LogP contribution >= 0.6 is 23.4 Å². The number of amides is 2. The predicted molar refractivity (Wildman–Crippen MR) is 136 cm³/mol. The van der Waals surface area contributed by atoms with Crippen molar-refractivity contribution in [2.75, 3.05) is 19.0 Å². The van der Waals surface area contributed by atoms with Crippen LogP contribution in [0.1, 0.15) is 5.56 Å². The number of nitrogens with one attached hydrogen (secondary N) is 2. The molecule has 34 heavy (non-hydrogen) atoms. The van der Waals surface area contributed by atoms with Gasteiger partial charge in [0.1, 0.15) is 11.5 Å². The first-order valence-electron chi connectivity index (χ1n) is 10.2. The van der Waals surface area contributed by atoms with E-state index in [1.54, 1.807) is 49.6 Å². The Bertz CT molecular complexity index is 1240. The highest BCUT2D eigenvalue weighted by Gasteiger charge is 2.23. The maximum Gasteiger partial charge on any atom is 0.264 e. The number of benzene rings is 3. The van der Waals surface area contributed by atoms with Crippen molar-refractivity contribution in [3.63, 3.8) is 0 Å². The van der Waals surface area contributed by atoms with Crippen molar-refractivity contribution < 1.29 is 19.1 Å². The van der Waals surface area contributed by atoms with E-state index < -0.39 is 0 Å². The minimum Gasteiger partial charge on any atom is -0.497 e. The molecule has 3 aromatic carbocycles. The summed E-state index contributed by atoms with van der Waals surface area (Å²) >= 11 is 7.10. The molecule has 0 atom stereocenters. The van der Waals surface area contributed by atoms with E-state index in [9.17, 15) is 9.59 Å². The van der Waals surface area contributed by atoms with Gasteiger partial charge >= 0.3 is 0 Å². The van der Waals surface area contributed by atoms with Crippen LogP contribution in [0.4, 0.5) is 11.4 Å². The molecule has 0 aliphatic carbocycles. The Hall–Kier alpha value is -3.75. The summed E-state index contributed by atoms with van der Waals surface area (Å²) in [6.45, 7) is -0.132. The molecular weight excluding hydrogens is 474 g/mol. The summed E-state index contributed by atoms with van der Waals surface area (Å²) in [4.78, 5) is 29.4. The zero-order chi connectivity index (χ0) is 23.9. The monoisotopic (exact) mass is 493 g/mol. The van der Waals surface area contributed by atoms with Crippen LogP contribution in [0.25, 0.3) is 6.08 Å². The molecule has 0 spiro atoms. The first-order valence-corrected chi connectivity index (χ1v) is 11.4. The van der Waals surface area contributed by atoms with Gasteiger partial charge in [-0.15, -0.1) is 0 Å². The van der Waals surface area contributed by atoms with Crippen LogP contribution in [0.15, 0.2) is 82.7 Å². The van der Waals surface area contributed by atoms with Crippen molar-refractivity contribution in [1.82, 2.24) is 5.32 Å². The number of anilines is 1. The van der Waals surface area contributed by atoms with Gasteiger partial charge in [-0.25, -0.2) is 4.99 Å². The summed E-state index contributed by atoms with van der Waals surface area (Å²) in [6.07, 6.45) is 1.77. The second-order valence-electron chi connectivity index (χ2n) is 7.09. The molecule has 0 bridgehead atoms. The molecule has 0 saturated carbocycles. The highest BCUT2D eigenvalue weighted by Crippen LogP contribution is 2.29. The van der Waals surface area contributed by atoms with Gasteiger partial charge in [-0.3, -0.25) is 9.59 Å². The largest absolute Gasteiger partial charge is 0.497 e. The number of carbonyl (C=O) groups is 2. The third kappa shape index (κ3) is 6.40. The van der Waals surface area contributed by atoms with E-state index in [0.717, 1.165) is 11.3 Å². The molecule has 0 aromatic heterocycles. The fraction of sp³-hybridized carbons (Fsp3) is 0.0800. The maximum absolute atomic E-state index is 12.3. The molecule has 2 N–H and O–H groups in total.